The number of likely N-dealkylation sites (tertiary alicyclic amines) is 1. The van der Waals surface area contributed by atoms with Gasteiger partial charge in [0.15, 0.2) is 0 Å². The van der Waals surface area contributed by atoms with E-state index in [1.807, 2.05) is 17.0 Å². The van der Waals surface area contributed by atoms with E-state index >= 15 is 0 Å². The lowest BCUT2D eigenvalue weighted by molar-refractivity contribution is 0.0787. The second kappa shape index (κ2) is 6.11. The maximum atomic E-state index is 12.4. The fourth-order valence-corrected chi connectivity index (χ4v) is 2.71. The van der Waals surface area contributed by atoms with Crippen LogP contribution in [0.4, 0.5) is 0 Å². The van der Waals surface area contributed by atoms with E-state index in [9.17, 15) is 9.59 Å². The van der Waals surface area contributed by atoms with Gasteiger partial charge < -0.3 is 15.6 Å². The smallest absolute Gasteiger partial charge is 0.266 e. The Labute approximate surface area is 128 Å². The molecule has 22 heavy (non-hydrogen) atoms. The average molecular weight is 298 g/mol. The lowest BCUT2D eigenvalue weighted by Crippen LogP contribution is -2.29. The predicted octanol–water partition coefficient (Wildman–Crippen LogP) is 0.858. The van der Waals surface area contributed by atoms with Gasteiger partial charge in [-0.1, -0.05) is 12.1 Å². The number of nitrogens with zero attached hydrogens (tertiary/aromatic N) is 2. The number of hydrogen-bond donors (Lipinski definition) is 2. The number of rotatable bonds is 3. The number of nitrogens with two attached hydrogens (primary N) is 1. The quantitative estimate of drug-likeness (QED) is 0.879. The van der Waals surface area contributed by atoms with Gasteiger partial charge in [-0.3, -0.25) is 14.6 Å². The van der Waals surface area contributed by atoms with E-state index in [1.165, 1.54) is 6.20 Å². The zero-order chi connectivity index (χ0) is 15.5. The number of carbonyl (C=O) groups excluding carboxylic acids is 1. The second-order valence-electron chi connectivity index (χ2n) is 5.53. The summed E-state index contributed by atoms with van der Waals surface area (Å²) < 4.78 is 0. The molecule has 2 aromatic rings. The molecule has 1 saturated heterocycles. The lowest BCUT2D eigenvalue weighted by atomic mass is 10.1. The molecule has 1 aromatic carbocycles. The summed E-state index contributed by atoms with van der Waals surface area (Å²) in [5.41, 5.74) is 7.51. The van der Waals surface area contributed by atoms with Crippen molar-refractivity contribution in [2.75, 3.05) is 19.6 Å². The zero-order valence-corrected chi connectivity index (χ0v) is 12.2. The van der Waals surface area contributed by atoms with E-state index in [0.29, 0.717) is 23.7 Å². The fourth-order valence-electron chi connectivity index (χ4n) is 2.71. The van der Waals surface area contributed by atoms with Gasteiger partial charge in [0, 0.05) is 18.7 Å². The minimum Gasteiger partial charge on any atom is -0.338 e. The van der Waals surface area contributed by atoms with Crippen molar-refractivity contribution in [1.29, 1.82) is 0 Å². The van der Waals surface area contributed by atoms with E-state index < -0.39 is 0 Å². The van der Waals surface area contributed by atoms with Gasteiger partial charge in [0.1, 0.15) is 0 Å². The Morgan fingerprint density at radius 2 is 2.09 bits per heavy atom. The Morgan fingerprint density at radius 1 is 1.32 bits per heavy atom. The number of aromatic amines is 1. The highest BCUT2D eigenvalue weighted by Gasteiger charge is 2.25. The van der Waals surface area contributed by atoms with Crippen molar-refractivity contribution < 1.29 is 4.79 Å². The van der Waals surface area contributed by atoms with Crippen LogP contribution < -0.4 is 11.3 Å². The SMILES string of the molecule is NC[C@H]1CCN(C(=O)c2ccc(-c3cncc(=O)[nH]3)cc2)C1. The summed E-state index contributed by atoms with van der Waals surface area (Å²) in [4.78, 5) is 32.1. The van der Waals surface area contributed by atoms with E-state index in [-0.39, 0.29) is 11.5 Å². The maximum absolute atomic E-state index is 12.4. The molecule has 3 N–H and O–H groups in total. The molecular weight excluding hydrogens is 280 g/mol. The lowest BCUT2D eigenvalue weighted by Gasteiger charge is -2.16. The molecule has 3 rings (SSSR count). The van der Waals surface area contributed by atoms with Crippen LogP contribution in [0.1, 0.15) is 16.8 Å². The minimum absolute atomic E-state index is 0.0298. The number of benzene rings is 1. The largest absolute Gasteiger partial charge is 0.338 e. The van der Waals surface area contributed by atoms with Gasteiger partial charge >= 0.3 is 0 Å². The van der Waals surface area contributed by atoms with Gasteiger partial charge in [-0.2, -0.15) is 0 Å². The topological polar surface area (TPSA) is 92.1 Å². The van der Waals surface area contributed by atoms with Crippen molar-refractivity contribution in [2.24, 2.45) is 11.7 Å². The third-order valence-corrected chi connectivity index (χ3v) is 4.00. The van der Waals surface area contributed by atoms with Crippen molar-refractivity contribution in [1.82, 2.24) is 14.9 Å². The molecule has 1 aliphatic rings. The number of aromatic nitrogens is 2. The highest BCUT2D eigenvalue weighted by molar-refractivity contribution is 5.94. The molecule has 0 radical (unpaired) electrons. The fraction of sp³-hybridized carbons (Fsp3) is 0.312. The molecule has 2 heterocycles. The van der Waals surface area contributed by atoms with Crippen LogP contribution in [0, 0.1) is 5.92 Å². The molecule has 114 valence electrons. The minimum atomic E-state index is -0.248. The standard InChI is InChI=1S/C16H18N4O2/c17-7-11-5-6-20(10-11)16(22)13-3-1-12(2-4-13)14-8-18-9-15(21)19-14/h1-4,8-9,11H,5-7,10,17H2,(H,19,21)/t11-/m1/s1. The molecule has 0 aliphatic carbocycles. The molecule has 1 amide bonds. The van der Waals surface area contributed by atoms with Crippen molar-refractivity contribution >= 4 is 5.91 Å². The highest BCUT2D eigenvalue weighted by atomic mass is 16.2. The Bertz CT molecular complexity index is 723. The van der Waals surface area contributed by atoms with Gasteiger partial charge in [-0.25, -0.2) is 0 Å². The van der Waals surface area contributed by atoms with Gasteiger partial charge in [-0.05, 0) is 36.6 Å². The van der Waals surface area contributed by atoms with Crippen LogP contribution in [0.2, 0.25) is 0 Å². The molecular formula is C16H18N4O2. The van der Waals surface area contributed by atoms with Crippen LogP contribution in [0.5, 0.6) is 0 Å². The maximum Gasteiger partial charge on any atom is 0.266 e. The van der Waals surface area contributed by atoms with Crippen LogP contribution in [0.15, 0.2) is 41.5 Å². The number of carbonyl (C=O) groups is 1. The van der Waals surface area contributed by atoms with Crippen LogP contribution in [0.25, 0.3) is 11.3 Å². The third kappa shape index (κ3) is 2.92. The molecule has 6 heteroatoms. The molecule has 1 atom stereocenters. The first-order valence-corrected chi connectivity index (χ1v) is 7.31. The molecule has 0 bridgehead atoms. The number of amides is 1. The zero-order valence-electron chi connectivity index (χ0n) is 12.2. The number of H-pyrrole nitrogens is 1. The predicted molar refractivity (Wildman–Crippen MR) is 83.4 cm³/mol. The summed E-state index contributed by atoms with van der Waals surface area (Å²) in [6.45, 7) is 2.11. The third-order valence-electron chi connectivity index (χ3n) is 4.00. The summed E-state index contributed by atoms with van der Waals surface area (Å²) in [5, 5.41) is 0. The first-order valence-electron chi connectivity index (χ1n) is 7.31. The van der Waals surface area contributed by atoms with Gasteiger partial charge in [0.25, 0.3) is 11.5 Å². The first kappa shape index (κ1) is 14.5. The molecule has 0 unspecified atom stereocenters. The van der Waals surface area contributed by atoms with Crippen LogP contribution in [0.3, 0.4) is 0 Å². The van der Waals surface area contributed by atoms with Crippen LogP contribution in [-0.4, -0.2) is 40.4 Å². The van der Waals surface area contributed by atoms with Crippen molar-refractivity contribution in [3.8, 4) is 11.3 Å². The first-order chi connectivity index (χ1) is 10.7. The van der Waals surface area contributed by atoms with Crippen molar-refractivity contribution in [3.63, 3.8) is 0 Å². The molecule has 0 saturated carbocycles. The normalized spacial score (nSPS) is 17.7. The van der Waals surface area contributed by atoms with Crippen LogP contribution in [-0.2, 0) is 0 Å². The van der Waals surface area contributed by atoms with E-state index in [1.54, 1.807) is 18.3 Å². The van der Waals surface area contributed by atoms with Crippen LogP contribution >= 0.6 is 0 Å². The Morgan fingerprint density at radius 3 is 2.73 bits per heavy atom. The number of nitrogens with one attached hydrogen (secondary N) is 1. The second-order valence-corrected chi connectivity index (χ2v) is 5.53. The molecule has 1 fully saturated rings. The van der Waals surface area contributed by atoms with E-state index in [0.717, 1.165) is 25.1 Å². The van der Waals surface area contributed by atoms with Gasteiger partial charge in [0.05, 0.1) is 18.1 Å². The van der Waals surface area contributed by atoms with Gasteiger partial charge in [-0.15, -0.1) is 0 Å². The Kier molecular flexibility index (Phi) is 4.02. The summed E-state index contributed by atoms with van der Waals surface area (Å²) in [7, 11) is 0. The van der Waals surface area contributed by atoms with Crippen molar-refractivity contribution in [2.45, 2.75) is 6.42 Å². The molecule has 1 aliphatic heterocycles. The van der Waals surface area contributed by atoms with Crippen molar-refractivity contribution in [3.05, 3.63) is 52.6 Å². The Hall–Kier alpha value is -2.47. The summed E-state index contributed by atoms with van der Waals surface area (Å²) in [6, 6.07) is 7.19. The van der Waals surface area contributed by atoms with E-state index in [2.05, 4.69) is 9.97 Å². The molecule has 6 nitrogen and oxygen atoms in total. The number of hydrogen-bond acceptors (Lipinski definition) is 4. The van der Waals surface area contributed by atoms with E-state index in [4.69, 9.17) is 5.73 Å². The molecule has 0 spiro atoms. The average Bonchev–Trinajstić information content (AvgIpc) is 3.03. The Balaban J connectivity index is 1.77. The highest BCUT2D eigenvalue weighted by Crippen LogP contribution is 2.20. The summed E-state index contributed by atoms with van der Waals surface area (Å²) in [5.74, 6) is 0.436. The summed E-state index contributed by atoms with van der Waals surface area (Å²) in [6.07, 6.45) is 3.78. The monoisotopic (exact) mass is 298 g/mol. The summed E-state index contributed by atoms with van der Waals surface area (Å²) >= 11 is 0. The molecule has 1 aromatic heterocycles. The van der Waals surface area contributed by atoms with Gasteiger partial charge in [0.2, 0.25) is 0 Å².